The van der Waals surface area contributed by atoms with Gasteiger partial charge in [0.1, 0.15) is 0 Å². The van der Waals surface area contributed by atoms with Crippen LogP contribution >= 0.6 is 15.9 Å². The van der Waals surface area contributed by atoms with Crippen molar-refractivity contribution in [2.24, 2.45) is 0 Å². The Bertz CT molecular complexity index is 780. The van der Waals surface area contributed by atoms with Crippen molar-refractivity contribution in [3.8, 4) is 0 Å². The third kappa shape index (κ3) is 4.80. The van der Waals surface area contributed by atoms with Crippen LogP contribution in [0.2, 0.25) is 0 Å². The summed E-state index contributed by atoms with van der Waals surface area (Å²) in [5.41, 5.74) is 3.31. The zero-order valence-corrected chi connectivity index (χ0v) is 15.4. The molecule has 0 atom stereocenters. The van der Waals surface area contributed by atoms with Crippen molar-refractivity contribution in [3.05, 3.63) is 69.7 Å². The Morgan fingerprint density at radius 2 is 1.75 bits per heavy atom. The van der Waals surface area contributed by atoms with Gasteiger partial charge in [0.15, 0.2) is 0 Å². The second kappa shape index (κ2) is 7.93. The van der Waals surface area contributed by atoms with Crippen LogP contribution in [0.25, 0.3) is 6.08 Å². The van der Waals surface area contributed by atoms with E-state index in [9.17, 15) is 9.59 Å². The summed E-state index contributed by atoms with van der Waals surface area (Å²) in [6.45, 7) is 1.99. The van der Waals surface area contributed by atoms with Gasteiger partial charge in [0, 0.05) is 35.9 Å². The van der Waals surface area contributed by atoms with Gasteiger partial charge < -0.3 is 10.2 Å². The number of carbonyl (C=O) groups is 2. The minimum atomic E-state index is -0.209. The summed E-state index contributed by atoms with van der Waals surface area (Å²) in [5.74, 6) is -0.257. The quantitative estimate of drug-likeness (QED) is 0.803. The van der Waals surface area contributed by atoms with Crippen molar-refractivity contribution >= 4 is 39.5 Å². The molecule has 0 spiro atoms. The van der Waals surface area contributed by atoms with Crippen molar-refractivity contribution < 1.29 is 9.59 Å². The fraction of sp³-hybridized carbons (Fsp3) is 0.158. The summed E-state index contributed by atoms with van der Waals surface area (Å²) >= 11 is 3.44. The fourth-order valence-corrected chi connectivity index (χ4v) is 2.40. The number of anilines is 1. The number of halogens is 1. The Morgan fingerprint density at radius 3 is 2.33 bits per heavy atom. The fourth-order valence-electron chi connectivity index (χ4n) is 2.02. The zero-order valence-electron chi connectivity index (χ0n) is 13.8. The minimum absolute atomic E-state index is 0.0479. The number of carbonyl (C=O) groups excluding carboxylic acids is 2. The lowest BCUT2D eigenvalue weighted by Gasteiger charge is -2.09. The number of rotatable bonds is 4. The summed E-state index contributed by atoms with van der Waals surface area (Å²) in [5, 5.41) is 2.81. The van der Waals surface area contributed by atoms with E-state index in [1.807, 2.05) is 37.3 Å². The molecule has 124 valence electrons. The number of hydrogen-bond acceptors (Lipinski definition) is 2. The molecule has 2 amide bonds. The lowest BCUT2D eigenvalue weighted by atomic mass is 10.1. The number of hydrogen-bond donors (Lipinski definition) is 1. The third-order valence-electron chi connectivity index (χ3n) is 3.43. The van der Waals surface area contributed by atoms with Crippen LogP contribution in [0.15, 0.2) is 53.0 Å². The largest absolute Gasteiger partial charge is 0.345 e. The Hall–Kier alpha value is -2.40. The van der Waals surface area contributed by atoms with E-state index in [-0.39, 0.29) is 11.8 Å². The first-order valence-corrected chi connectivity index (χ1v) is 8.23. The third-order valence-corrected chi connectivity index (χ3v) is 4.28. The van der Waals surface area contributed by atoms with E-state index in [1.54, 1.807) is 32.3 Å². The molecule has 0 saturated heterocycles. The van der Waals surface area contributed by atoms with Crippen LogP contribution in [0.4, 0.5) is 5.69 Å². The van der Waals surface area contributed by atoms with E-state index >= 15 is 0 Å². The van der Waals surface area contributed by atoms with E-state index in [2.05, 4.69) is 21.2 Å². The number of nitrogens with zero attached hydrogens (tertiary/aromatic N) is 1. The number of aryl methyl sites for hydroxylation is 1. The second-order valence-electron chi connectivity index (χ2n) is 5.61. The molecule has 0 aliphatic carbocycles. The summed E-state index contributed by atoms with van der Waals surface area (Å²) in [4.78, 5) is 25.3. The van der Waals surface area contributed by atoms with E-state index in [4.69, 9.17) is 0 Å². The van der Waals surface area contributed by atoms with Gasteiger partial charge in [0.05, 0.1) is 0 Å². The Balaban J connectivity index is 2.00. The zero-order chi connectivity index (χ0) is 17.7. The van der Waals surface area contributed by atoms with Gasteiger partial charge in [-0.1, -0.05) is 34.1 Å². The predicted molar refractivity (Wildman–Crippen MR) is 101 cm³/mol. The maximum atomic E-state index is 12.0. The van der Waals surface area contributed by atoms with Gasteiger partial charge in [-0.05, 0) is 48.4 Å². The summed E-state index contributed by atoms with van der Waals surface area (Å²) in [6.07, 6.45) is 3.18. The van der Waals surface area contributed by atoms with Crippen molar-refractivity contribution in [2.45, 2.75) is 6.92 Å². The summed E-state index contributed by atoms with van der Waals surface area (Å²) in [6, 6.07) is 12.8. The van der Waals surface area contributed by atoms with Crippen LogP contribution in [-0.2, 0) is 4.79 Å². The molecule has 0 aromatic heterocycles. The molecule has 2 aromatic carbocycles. The molecule has 0 aliphatic heterocycles. The maximum Gasteiger partial charge on any atom is 0.253 e. The topological polar surface area (TPSA) is 49.4 Å². The van der Waals surface area contributed by atoms with Gasteiger partial charge in [-0.3, -0.25) is 9.59 Å². The van der Waals surface area contributed by atoms with Crippen LogP contribution < -0.4 is 5.32 Å². The molecule has 0 saturated carbocycles. The molecule has 0 fully saturated rings. The van der Waals surface area contributed by atoms with Crippen molar-refractivity contribution in [2.75, 3.05) is 19.4 Å². The highest BCUT2D eigenvalue weighted by Gasteiger charge is 2.06. The van der Waals surface area contributed by atoms with E-state index < -0.39 is 0 Å². The average Bonchev–Trinajstić information content (AvgIpc) is 2.56. The van der Waals surface area contributed by atoms with Crippen molar-refractivity contribution in [3.63, 3.8) is 0 Å². The maximum absolute atomic E-state index is 12.0. The van der Waals surface area contributed by atoms with E-state index in [1.165, 1.54) is 11.0 Å². The molecular weight excluding hydrogens is 368 g/mol. The molecule has 0 unspecified atom stereocenters. The van der Waals surface area contributed by atoms with E-state index in [0.717, 1.165) is 21.3 Å². The summed E-state index contributed by atoms with van der Waals surface area (Å²) < 4.78 is 0.949. The highest BCUT2D eigenvalue weighted by atomic mass is 79.9. The molecule has 1 N–H and O–H groups in total. The molecule has 5 heteroatoms. The van der Waals surface area contributed by atoms with Crippen LogP contribution in [0.1, 0.15) is 21.5 Å². The van der Waals surface area contributed by atoms with Crippen molar-refractivity contribution in [1.29, 1.82) is 0 Å². The van der Waals surface area contributed by atoms with Gasteiger partial charge in [0.25, 0.3) is 5.91 Å². The number of nitrogens with one attached hydrogen (secondary N) is 1. The van der Waals surface area contributed by atoms with Gasteiger partial charge in [0.2, 0.25) is 5.91 Å². The Kier molecular flexibility index (Phi) is 5.93. The Morgan fingerprint density at radius 1 is 1.08 bits per heavy atom. The molecule has 2 aromatic rings. The first-order chi connectivity index (χ1) is 11.4. The number of amides is 2. The Labute approximate surface area is 150 Å². The first kappa shape index (κ1) is 17.9. The van der Waals surface area contributed by atoms with Gasteiger partial charge in [-0.15, -0.1) is 0 Å². The minimum Gasteiger partial charge on any atom is -0.345 e. The van der Waals surface area contributed by atoms with Crippen LogP contribution in [-0.4, -0.2) is 30.8 Å². The van der Waals surface area contributed by atoms with Crippen LogP contribution in [0, 0.1) is 6.92 Å². The highest BCUT2D eigenvalue weighted by molar-refractivity contribution is 9.10. The van der Waals surface area contributed by atoms with Gasteiger partial charge >= 0.3 is 0 Å². The molecule has 0 bridgehead atoms. The SMILES string of the molecule is Cc1ccc(NC(=O)/C=C/c2ccc(C(=O)N(C)C)cc2)cc1Br. The number of benzene rings is 2. The standard InChI is InChI=1S/C19H19BrN2O2/c1-13-4-10-16(12-17(13)20)21-18(23)11-7-14-5-8-15(9-6-14)19(24)22(2)3/h4-12H,1-3H3,(H,21,23)/b11-7+. The summed E-state index contributed by atoms with van der Waals surface area (Å²) in [7, 11) is 3.42. The molecule has 0 aliphatic rings. The van der Waals surface area contributed by atoms with Gasteiger partial charge in [-0.25, -0.2) is 0 Å². The molecule has 0 radical (unpaired) electrons. The normalized spacial score (nSPS) is 10.7. The first-order valence-electron chi connectivity index (χ1n) is 7.44. The second-order valence-corrected chi connectivity index (χ2v) is 6.46. The smallest absolute Gasteiger partial charge is 0.253 e. The van der Waals surface area contributed by atoms with E-state index in [0.29, 0.717) is 5.56 Å². The molecule has 4 nitrogen and oxygen atoms in total. The van der Waals surface area contributed by atoms with Crippen molar-refractivity contribution in [1.82, 2.24) is 4.90 Å². The lowest BCUT2D eigenvalue weighted by molar-refractivity contribution is -0.111. The van der Waals surface area contributed by atoms with Crippen LogP contribution in [0.5, 0.6) is 0 Å². The molecule has 24 heavy (non-hydrogen) atoms. The lowest BCUT2D eigenvalue weighted by Crippen LogP contribution is -2.21. The average molecular weight is 387 g/mol. The molecule has 0 heterocycles. The van der Waals surface area contributed by atoms with Crippen LogP contribution in [0.3, 0.4) is 0 Å². The molecular formula is C19H19BrN2O2. The predicted octanol–water partition coefficient (Wildman–Crippen LogP) is 4.11. The molecule has 2 rings (SSSR count). The monoisotopic (exact) mass is 386 g/mol. The highest BCUT2D eigenvalue weighted by Crippen LogP contribution is 2.20. The van der Waals surface area contributed by atoms with Gasteiger partial charge in [-0.2, -0.15) is 0 Å².